The third-order valence-electron chi connectivity index (χ3n) is 1.78. The lowest BCUT2D eigenvalue weighted by Gasteiger charge is -2.07. The van der Waals surface area contributed by atoms with Gasteiger partial charge in [-0.15, -0.1) is 11.8 Å². The molecule has 0 saturated carbocycles. The Kier molecular flexibility index (Phi) is 4.72. The monoisotopic (exact) mass is 234 g/mol. The molecule has 0 aliphatic heterocycles. The normalized spacial score (nSPS) is 12.9. The molecule has 1 nitrogen and oxygen atoms in total. The molecule has 78 valence electrons. The van der Waals surface area contributed by atoms with Gasteiger partial charge in [-0.25, -0.2) is 4.39 Å². The molecule has 0 fully saturated rings. The molecule has 0 saturated heterocycles. The van der Waals surface area contributed by atoms with E-state index >= 15 is 0 Å². The van der Waals surface area contributed by atoms with Gasteiger partial charge in [-0.3, -0.25) is 0 Å². The molecule has 1 atom stereocenters. The number of alkyl halides is 1. The summed E-state index contributed by atoms with van der Waals surface area (Å²) in [6.45, 7) is 1.52. The molecule has 0 spiro atoms. The number of rotatable bonds is 4. The van der Waals surface area contributed by atoms with Gasteiger partial charge < -0.3 is 5.11 Å². The third kappa shape index (κ3) is 2.87. The maximum atomic E-state index is 13.0. The molecule has 0 heterocycles. The molecule has 1 aromatic carbocycles. The number of thioether (sulfide) groups is 1. The molecule has 0 aromatic heterocycles. The Morgan fingerprint density at radius 1 is 1.57 bits per heavy atom. The quantitative estimate of drug-likeness (QED) is 0.806. The minimum Gasteiger partial charge on any atom is -0.393 e. The first-order valence-electron chi connectivity index (χ1n) is 4.36. The fraction of sp³-hybridized carbons (Fsp3) is 0.400. The molecule has 1 rings (SSSR count). The first-order chi connectivity index (χ1) is 6.69. The number of halogens is 2. The van der Waals surface area contributed by atoms with E-state index in [0.29, 0.717) is 10.6 Å². The predicted octanol–water partition coefficient (Wildman–Crippen LogP) is 3.45. The van der Waals surface area contributed by atoms with E-state index in [4.69, 9.17) is 16.7 Å². The summed E-state index contributed by atoms with van der Waals surface area (Å²) in [6, 6.07) is 5.01. The van der Waals surface area contributed by atoms with Gasteiger partial charge in [0.15, 0.2) is 0 Å². The molecule has 0 bridgehead atoms. The summed E-state index contributed by atoms with van der Waals surface area (Å²) in [6.07, 6.45) is -1.34. The zero-order valence-corrected chi connectivity index (χ0v) is 9.41. The Hall–Kier alpha value is -0.250. The lowest BCUT2D eigenvalue weighted by Crippen LogP contribution is -1.97. The van der Waals surface area contributed by atoms with Crippen molar-refractivity contribution in [2.24, 2.45) is 0 Å². The molecule has 1 aromatic rings. The molecule has 0 radical (unpaired) electrons. The van der Waals surface area contributed by atoms with Crippen LogP contribution in [0.1, 0.15) is 18.7 Å². The Bertz CT molecular complexity index is 306. The summed E-state index contributed by atoms with van der Waals surface area (Å²) in [7, 11) is 0. The lowest BCUT2D eigenvalue weighted by atomic mass is 10.1. The summed E-state index contributed by atoms with van der Waals surface area (Å²) in [5.41, 5.74) is 0.429. The minimum atomic E-state index is -1.34. The van der Waals surface area contributed by atoms with Crippen LogP contribution in [0.4, 0.5) is 4.39 Å². The van der Waals surface area contributed by atoms with Crippen LogP contribution in [0.2, 0.25) is 5.02 Å². The largest absolute Gasteiger partial charge is 0.393 e. The van der Waals surface area contributed by atoms with Crippen LogP contribution in [0.3, 0.4) is 0 Å². The second-order valence-electron chi connectivity index (χ2n) is 2.77. The number of hydrogen-bond acceptors (Lipinski definition) is 2. The van der Waals surface area contributed by atoms with Crippen LogP contribution in [0.15, 0.2) is 23.1 Å². The number of hydrogen-bond donors (Lipinski definition) is 1. The van der Waals surface area contributed by atoms with Crippen molar-refractivity contribution >= 4 is 23.4 Å². The average Bonchev–Trinajstić information content (AvgIpc) is 2.20. The summed E-state index contributed by atoms with van der Waals surface area (Å²) in [5.74, 6) is 0.929. The van der Waals surface area contributed by atoms with Crippen LogP contribution in [0.25, 0.3) is 0 Å². The summed E-state index contributed by atoms with van der Waals surface area (Å²) in [5, 5.41) is 9.18. The second kappa shape index (κ2) is 5.59. The van der Waals surface area contributed by atoms with Gasteiger partial charge in [0.25, 0.3) is 0 Å². The maximum Gasteiger partial charge on any atom is 0.148 e. The van der Waals surface area contributed by atoms with E-state index in [9.17, 15) is 4.39 Å². The Morgan fingerprint density at radius 3 is 2.79 bits per heavy atom. The van der Waals surface area contributed by atoms with E-state index in [1.165, 1.54) is 0 Å². The first kappa shape index (κ1) is 11.8. The van der Waals surface area contributed by atoms with Gasteiger partial charge in [0.1, 0.15) is 6.17 Å². The molecule has 0 amide bonds. The molecule has 4 heteroatoms. The predicted molar refractivity (Wildman–Crippen MR) is 58.8 cm³/mol. The number of benzene rings is 1. The van der Waals surface area contributed by atoms with Crippen LogP contribution in [0.5, 0.6) is 0 Å². The first-order valence-corrected chi connectivity index (χ1v) is 5.72. The van der Waals surface area contributed by atoms with E-state index < -0.39 is 12.8 Å². The van der Waals surface area contributed by atoms with Crippen LogP contribution in [-0.4, -0.2) is 17.5 Å². The topological polar surface area (TPSA) is 20.2 Å². The molecule has 1 N–H and O–H groups in total. The zero-order valence-electron chi connectivity index (χ0n) is 7.84. The molecular formula is C10H12ClFOS. The summed E-state index contributed by atoms with van der Waals surface area (Å²) < 4.78 is 13.0. The van der Waals surface area contributed by atoms with E-state index in [2.05, 4.69) is 0 Å². The summed E-state index contributed by atoms with van der Waals surface area (Å²) in [4.78, 5) is 0.947. The Labute approximate surface area is 92.3 Å². The van der Waals surface area contributed by atoms with Crippen molar-refractivity contribution in [3.05, 3.63) is 28.8 Å². The van der Waals surface area contributed by atoms with Crippen LogP contribution < -0.4 is 0 Å². The van der Waals surface area contributed by atoms with Crippen molar-refractivity contribution in [3.8, 4) is 0 Å². The zero-order chi connectivity index (χ0) is 10.6. The smallest absolute Gasteiger partial charge is 0.148 e. The van der Waals surface area contributed by atoms with Crippen molar-refractivity contribution in [2.75, 3.05) is 12.4 Å². The van der Waals surface area contributed by atoms with Crippen molar-refractivity contribution < 1.29 is 9.50 Å². The van der Waals surface area contributed by atoms with Gasteiger partial charge in [-0.05, 0) is 23.4 Å². The Balaban J connectivity index is 2.88. The SMILES string of the molecule is CCSc1ccc(C(F)CO)cc1Cl. The highest BCUT2D eigenvalue weighted by Crippen LogP contribution is 2.30. The highest BCUT2D eigenvalue weighted by molar-refractivity contribution is 7.99. The highest BCUT2D eigenvalue weighted by Gasteiger charge is 2.10. The van der Waals surface area contributed by atoms with Crippen LogP contribution in [0, 0.1) is 0 Å². The van der Waals surface area contributed by atoms with E-state index in [-0.39, 0.29) is 0 Å². The highest BCUT2D eigenvalue weighted by atomic mass is 35.5. The number of aliphatic hydroxyl groups excluding tert-OH is 1. The van der Waals surface area contributed by atoms with Gasteiger partial charge in [-0.1, -0.05) is 24.6 Å². The van der Waals surface area contributed by atoms with Crippen molar-refractivity contribution in [3.63, 3.8) is 0 Å². The van der Waals surface area contributed by atoms with Crippen molar-refractivity contribution in [2.45, 2.75) is 18.0 Å². The van der Waals surface area contributed by atoms with Gasteiger partial charge in [0.2, 0.25) is 0 Å². The van der Waals surface area contributed by atoms with Crippen LogP contribution >= 0.6 is 23.4 Å². The second-order valence-corrected chi connectivity index (χ2v) is 4.49. The van der Waals surface area contributed by atoms with Gasteiger partial charge in [0.05, 0.1) is 11.6 Å². The van der Waals surface area contributed by atoms with Crippen molar-refractivity contribution in [1.29, 1.82) is 0 Å². The standard InChI is InChI=1S/C10H12ClFOS/c1-2-14-10-4-3-7(5-8(10)11)9(12)6-13/h3-5,9,13H,2,6H2,1H3. The fourth-order valence-electron chi connectivity index (χ4n) is 1.09. The van der Waals surface area contributed by atoms with E-state index in [1.807, 2.05) is 6.92 Å². The van der Waals surface area contributed by atoms with E-state index in [0.717, 1.165) is 10.6 Å². The fourth-order valence-corrected chi connectivity index (χ4v) is 2.11. The average molecular weight is 235 g/mol. The molecular weight excluding hydrogens is 223 g/mol. The van der Waals surface area contributed by atoms with Gasteiger partial charge >= 0.3 is 0 Å². The van der Waals surface area contributed by atoms with E-state index in [1.54, 1.807) is 30.0 Å². The molecule has 0 aliphatic carbocycles. The van der Waals surface area contributed by atoms with Crippen LogP contribution in [-0.2, 0) is 0 Å². The van der Waals surface area contributed by atoms with Gasteiger partial charge in [0, 0.05) is 4.90 Å². The maximum absolute atomic E-state index is 13.0. The molecule has 1 unspecified atom stereocenters. The molecule has 0 aliphatic rings. The van der Waals surface area contributed by atoms with Gasteiger partial charge in [-0.2, -0.15) is 0 Å². The summed E-state index contributed by atoms with van der Waals surface area (Å²) >= 11 is 7.55. The third-order valence-corrected chi connectivity index (χ3v) is 3.16. The van der Waals surface area contributed by atoms with Crippen molar-refractivity contribution in [1.82, 2.24) is 0 Å². The lowest BCUT2D eigenvalue weighted by molar-refractivity contribution is 0.180. The minimum absolute atomic E-state index is 0.429. The molecule has 14 heavy (non-hydrogen) atoms. The Morgan fingerprint density at radius 2 is 2.29 bits per heavy atom. The number of aliphatic hydroxyl groups is 1.